The Morgan fingerprint density at radius 1 is 1.03 bits per heavy atom. The third-order valence-corrected chi connectivity index (χ3v) is 5.65. The van der Waals surface area contributed by atoms with Gasteiger partial charge in [0.15, 0.2) is 5.58 Å². The first kappa shape index (κ1) is 22.8. The lowest BCUT2D eigenvalue weighted by Gasteiger charge is -2.02. The number of carbonyl (C=O) groups excluding carboxylic acids is 1. The van der Waals surface area contributed by atoms with Gasteiger partial charge < -0.3 is 14.2 Å². The molecule has 8 nitrogen and oxygen atoms in total. The van der Waals surface area contributed by atoms with Crippen molar-refractivity contribution in [2.45, 2.75) is 13.3 Å². The number of amides is 1. The SMILES string of the molecule is CCc1ccc2oc(-c3ccc(NC(=O)C=Cc4ccc(-c5ccccc5[N+](=O)[O-])o4)cc3)nc2c1. The van der Waals surface area contributed by atoms with Gasteiger partial charge in [-0.25, -0.2) is 4.98 Å². The summed E-state index contributed by atoms with van der Waals surface area (Å²) in [7, 11) is 0. The Hall–Kier alpha value is -4.98. The van der Waals surface area contributed by atoms with E-state index in [1.807, 2.05) is 30.3 Å². The zero-order chi connectivity index (χ0) is 25.1. The number of rotatable bonds is 7. The molecule has 178 valence electrons. The molecule has 0 radical (unpaired) electrons. The molecule has 0 aliphatic heterocycles. The molecule has 2 heterocycles. The van der Waals surface area contributed by atoms with Crippen molar-refractivity contribution < 1.29 is 18.6 Å². The van der Waals surface area contributed by atoms with Gasteiger partial charge in [0.25, 0.3) is 5.69 Å². The fraction of sp³-hybridized carbons (Fsp3) is 0.0714. The Morgan fingerprint density at radius 2 is 1.83 bits per heavy atom. The van der Waals surface area contributed by atoms with Crippen LogP contribution in [-0.2, 0) is 11.2 Å². The second-order valence-corrected chi connectivity index (χ2v) is 8.05. The van der Waals surface area contributed by atoms with Crippen molar-refractivity contribution in [3.63, 3.8) is 0 Å². The van der Waals surface area contributed by atoms with Crippen LogP contribution >= 0.6 is 0 Å². The molecule has 0 unspecified atom stereocenters. The van der Waals surface area contributed by atoms with Gasteiger partial charge in [-0.15, -0.1) is 0 Å². The minimum absolute atomic E-state index is 0.0490. The number of anilines is 1. The van der Waals surface area contributed by atoms with Crippen LogP contribution in [0, 0.1) is 10.1 Å². The number of furan rings is 1. The summed E-state index contributed by atoms with van der Waals surface area (Å²) in [5, 5.41) is 14.0. The van der Waals surface area contributed by atoms with Crippen LogP contribution in [0.2, 0.25) is 0 Å². The molecule has 0 aliphatic rings. The number of aryl methyl sites for hydroxylation is 1. The summed E-state index contributed by atoms with van der Waals surface area (Å²) < 4.78 is 11.5. The van der Waals surface area contributed by atoms with Crippen molar-refractivity contribution in [1.82, 2.24) is 4.98 Å². The monoisotopic (exact) mass is 479 g/mol. The zero-order valence-electron chi connectivity index (χ0n) is 19.3. The average molecular weight is 479 g/mol. The van der Waals surface area contributed by atoms with Gasteiger partial charge in [0, 0.05) is 23.4 Å². The Bertz CT molecular complexity index is 1600. The van der Waals surface area contributed by atoms with E-state index in [1.165, 1.54) is 23.8 Å². The number of oxazole rings is 1. The number of hydrogen-bond donors (Lipinski definition) is 1. The molecule has 0 aliphatic carbocycles. The van der Waals surface area contributed by atoms with Gasteiger partial charge in [0.05, 0.1) is 10.5 Å². The zero-order valence-corrected chi connectivity index (χ0v) is 19.3. The minimum atomic E-state index is -0.460. The van der Waals surface area contributed by atoms with Crippen LogP contribution < -0.4 is 5.32 Å². The molecule has 0 fully saturated rings. The van der Waals surface area contributed by atoms with Crippen LogP contribution in [0.5, 0.6) is 0 Å². The van der Waals surface area contributed by atoms with Gasteiger partial charge in [-0.05, 0) is 72.7 Å². The summed E-state index contributed by atoms with van der Waals surface area (Å²) in [6, 6.07) is 22.8. The molecule has 3 aromatic carbocycles. The number of nitrogens with one attached hydrogen (secondary N) is 1. The summed E-state index contributed by atoms with van der Waals surface area (Å²) in [5.41, 5.74) is 4.47. The lowest BCUT2D eigenvalue weighted by Crippen LogP contribution is -2.07. The second-order valence-electron chi connectivity index (χ2n) is 8.05. The molecular formula is C28H21N3O5. The van der Waals surface area contributed by atoms with Crippen molar-refractivity contribution in [3.05, 3.63) is 106 Å². The highest BCUT2D eigenvalue weighted by Gasteiger charge is 2.16. The molecule has 2 aromatic heterocycles. The van der Waals surface area contributed by atoms with Gasteiger partial charge in [-0.1, -0.05) is 25.1 Å². The molecule has 0 saturated heterocycles. The van der Waals surface area contributed by atoms with Crippen LogP contribution in [0.1, 0.15) is 18.2 Å². The number of para-hydroxylation sites is 1. The highest BCUT2D eigenvalue weighted by Crippen LogP contribution is 2.31. The molecule has 1 amide bonds. The lowest BCUT2D eigenvalue weighted by atomic mass is 10.1. The van der Waals surface area contributed by atoms with Crippen LogP contribution in [0.4, 0.5) is 11.4 Å². The third kappa shape index (κ3) is 4.78. The number of benzene rings is 3. The number of nitro benzene ring substituents is 1. The molecule has 5 rings (SSSR count). The topological polar surface area (TPSA) is 111 Å². The number of fused-ring (bicyclic) bond motifs is 1. The second kappa shape index (κ2) is 9.71. The summed E-state index contributed by atoms with van der Waals surface area (Å²) in [4.78, 5) is 27.7. The fourth-order valence-electron chi connectivity index (χ4n) is 3.78. The Labute approximate surface area is 206 Å². The normalized spacial score (nSPS) is 11.2. The molecular weight excluding hydrogens is 458 g/mol. The van der Waals surface area contributed by atoms with Crippen molar-refractivity contribution in [3.8, 4) is 22.8 Å². The minimum Gasteiger partial charge on any atom is -0.456 e. The van der Waals surface area contributed by atoms with E-state index >= 15 is 0 Å². The first-order valence-corrected chi connectivity index (χ1v) is 11.3. The van der Waals surface area contributed by atoms with Crippen LogP contribution in [0.3, 0.4) is 0 Å². The summed E-state index contributed by atoms with van der Waals surface area (Å²) in [6.45, 7) is 2.09. The van der Waals surface area contributed by atoms with E-state index in [4.69, 9.17) is 8.83 Å². The quantitative estimate of drug-likeness (QED) is 0.155. The van der Waals surface area contributed by atoms with E-state index in [2.05, 4.69) is 17.2 Å². The van der Waals surface area contributed by atoms with Crippen LogP contribution in [-0.4, -0.2) is 15.8 Å². The first-order chi connectivity index (χ1) is 17.5. The predicted octanol–water partition coefficient (Wildman–Crippen LogP) is 6.88. The molecule has 5 aromatic rings. The number of carbonyl (C=O) groups is 1. The van der Waals surface area contributed by atoms with E-state index in [9.17, 15) is 14.9 Å². The highest BCUT2D eigenvalue weighted by molar-refractivity contribution is 6.01. The van der Waals surface area contributed by atoms with Crippen molar-refractivity contribution in [2.24, 2.45) is 0 Å². The maximum absolute atomic E-state index is 12.4. The van der Waals surface area contributed by atoms with Crippen LogP contribution in [0.15, 0.2) is 93.8 Å². The lowest BCUT2D eigenvalue weighted by molar-refractivity contribution is -0.384. The maximum Gasteiger partial charge on any atom is 0.280 e. The maximum atomic E-state index is 12.4. The Kier molecular flexibility index (Phi) is 6.15. The first-order valence-electron chi connectivity index (χ1n) is 11.3. The standard InChI is InChI=1S/C28H21N3O5/c1-2-18-7-14-26-23(17-18)30-28(36-26)19-8-10-20(11-9-19)29-27(32)16-13-21-12-15-25(35-21)22-5-3-4-6-24(22)31(33)34/h3-17H,2H2,1H3,(H,29,32). The summed E-state index contributed by atoms with van der Waals surface area (Å²) >= 11 is 0. The molecule has 36 heavy (non-hydrogen) atoms. The molecule has 0 atom stereocenters. The molecule has 0 spiro atoms. The largest absolute Gasteiger partial charge is 0.456 e. The van der Waals surface area contributed by atoms with Crippen molar-refractivity contribution in [2.75, 3.05) is 5.32 Å². The van der Waals surface area contributed by atoms with Gasteiger partial charge in [0.2, 0.25) is 11.8 Å². The van der Waals surface area contributed by atoms with Gasteiger partial charge in [0.1, 0.15) is 17.0 Å². The van der Waals surface area contributed by atoms with E-state index in [0.717, 1.165) is 23.1 Å². The highest BCUT2D eigenvalue weighted by atomic mass is 16.6. The Balaban J connectivity index is 1.25. The average Bonchev–Trinajstić information content (AvgIpc) is 3.54. The van der Waals surface area contributed by atoms with E-state index in [0.29, 0.717) is 28.7 Å². The van der Waals surface area contributed by atoms with Gasteiger partial charge in [-0.2, -0.15) is 0 Å². The van der Waals surface area contributed by atoms with Crippen molar-refractivity contribution in [1.29, 1.82) is 0 Å². The fourth-order valence-corrected chi connectivity index (χ4v) is 3.78. The van der Waals surface area contributed by atoms with Crippen LogP contribution in [0.25, 0.3) is 40.0 Å². The van der Waals surface area contributed by atoms with E-state index in [-0.39, 0.29) is 11.6 Å². The van der Waals surface area contributed by atoms with Crippen molar-refractivity contribution >= 4 is 34.5 Å². The summed E-state index contributed by atoms with van der Waals surface area (Å²) in [6.07, 6.45) is 3.77. The molecule has 1 N–H and O–H groups in total. The smallest absolute Gasteiger partial charge is 0.280 e. The number of aromatic nitrogens is 1. The van der Waals surface area contributed by atoms with E-state index in [1.54, 1.807) is 42.5 Å². The van der Waals surface area contributed by atoms with Gasteiger partial charge in [-0.3, -0.25) is 14.9 Å². The Morgan fingerprint density at radius 3 is 2.61 bits per heavy atom. The van der Waals surface area contributed by atoms with Gasteiger partial charge >= 0.3 is 0 Å². The molecule has 8 heteroatoms. The number of nitrogens with zero attached hydrogens (tertiary/aromatic N) is 2. The summed E-state index contributed by atoms with van der Waals surface area (Å²) in [5.74, 6) is 0.919. The molecule has 0 bridgehead atoms. The number of hydrogen-bond acceptors (Lipinski definition) is 6. The van der Waals surface area contributed by atoms with E-state index < -0.39 is 4.92 Å². The third-order valence-electron chi connectivity index (χ3n) is 5.65. The number of nitro groups is 1. The molecule has 0 saturated carbocycles. The predicted molar refractivity (Wildman–Crippen MR) is 137 cm³/mol.